The van der Waals surface area contributed by atoms with E-state index in [4.69, 9.17) is 5.73 Å². The van der Waals surface area contributed by atoms with Crippen molar-refractivity contribution in [1.82, 2.24) is 9.88 Å². The number of nitrogens with two attached hydrogens (primary N) is 1. The number of nitrogens with one attached hydrogen (secondary N) is 1. The third kappa shape index (κ3) is 4.21. The molecule has 0 amide bonds. The van der Waals surface area contributed by atoms with Crippen LogP contribution in [0.2, 0.25) is 0 Å². The molecule has 3 rings (SSSR count). The highest BCUT2D eigenvalue weighted by Crippen LogP contribution is 2.29. The number of carbonyl (C=O) groups excluding carboxylic acids is 2. The number of hydrogen-bond donors (Lipinski definition) is 2. The number of thiazole rings is 1. The second-order valence-electron chi connectivity index (χ2n) is 5.96. The number of rotatable bonds is 6. The van der Waals surface area contributed by atoms with Gasteiger partial charge in [-0.25, -0.2) is 9.37 Å². The van der Waals surface area contributed by atoms with Crippen molar-refractivity contribution in [2.24, 2.45) is 0 Å². The lowest BCUT2D eigenvalue weighted by Crippen LogP contribution is -2.39. The number of ketones is 1. The van der Waals surface area contributed by atoms with Crippen LogP contribution in [0.1, 0.15) is 28.1 Å². The van der Waals surface area contributed by atoms with Crippen LogP contribution in [-0.2, 0) is 4.79 Å². The molecule has 0 bridgehead atoms. The highest BCUT2D eigenvalue weighted by atomic mass is 32.1. The molecule has 3 N–H and O–H groups in total. The Bertz CT molecular complexity index is 772. The highest BCUT2D eigenvalue weighted by Gasteiger charge is 2.22. The molecule has 1 aliphatic rings. The standard InChI is InChI=1S/C17H19FN4O2S/c18-12-3-1-2-11(10-12)14(24)15-16(19)21-17(25-15)20-13-4-6-22(7-5-13)8-9-23/h1-3,9-10,13H,4-8,19H2,(H,20,21). The fourth-order valence-electron chi connectivity index (χ4n) is 2.86. The summed E-state index contributed by atoms with van der Waals surface area (Å²) in [6.45, 7) is 2.14. The van der Waals surface area contributed by atoms with E-state index in [0.29, 0.717) is 16.6 Å². The molecule has 0 radical (unpaired) electrons. The van der Waals surface area contributed by atoms with Crippen LogP contribution >= 0.6 is 11.3 Å². The number of nitrogen functional groups attached to an aromatic ring is 1. The summed E-state index contributed by atoms with van der Waals surface area (Å²) < 4.78 is 13.3. The molecule has 6 nitrogen and oxygen atoms in total. The zero-order valence-corrected chi connectivity index (χ0v) is 14.4. The van der Waals surface area contributed by atoms with Gasteiger partial charge in [-0.1, -0.05) is 23.5 Å². The van der Waals surface area contributed by atoms with Crippen molar-refractivity contribution >= 4 is 34.4 Å². The maximum atomic E-state index is 13.3. The van der Waals surface area contributed by atoms with E-state index < -0.39 is 5.82 Å². The van der Waals surface area contributed by atoms with Crippen molar-refractivity contribution in [3.05, 3.63) is 40.5 Å². The second kappa shape index (κ2) is 7.71. The number of halogens is 1. The zero-order valence-electron chi connectivity index (χ0n) is 13.6. The third-order valence-corrected chi connectivity index (χ3v) is 5.20. The minimum absolute atomic E-state index is 0.153. The monoisotopic (exact) mass is 362 g/mol. The molecule has 8 heteroatoms. The van der Waals surface area contributed by atoms with Gasteiger partial charge in [0.25, 0.3) is 0 Å². The number of nitrogens with zero attached hydrogens (tertiary/aromatic N) is 2. The Morgan fingerprint density at radius 1 is 1.44 bits per heavy atom. The van der Waals surface area contributed by atoms with Gasteiger partial charge in [0.2, 0.25) is 5.78 Å². The Morgan fingerprint density at radius 3 is 2.88 bits per heavy atom. The molecule has 1 fully saturated rings. The molecule has 132 valence electrons. The Morgan fingerprint density at radius 2 is 2.20 bits per heavy atom. The number of hydrogen-bond acceptors (Lipinski definition) is 7. The number of benzene rings is 1. The Balaban J connectivity index is 1.66. The number of piperidine rings is 1. The predicted octanol–water partition coefficient (Wildman–Crippen LogP) is 2.17. The minimum atomic E-state index is -0.464. The fraction of sp³-hybridized carbons (Fsp3) is 0.353. The van der Waals surface area contributed by atoms with E-state index in [1.807, 2.05) is 0 Å². The van der Waals surface area contributed by atoms with Gasteiger partial charge in [0.05, 0.1) is 6.54 Å². The molecular weight excluding hydrogens is 343 g/mol. The molecule has 0 unspecified atom stereocenters. The minimum Gasteiger partial charge on any atom is -0.382 e. The zero-order chi connectivity index (χ0) is 17.8. The van der Waals surface area contributed by atoms with E-state index in [1.54, 1.807) is 6.07 Å². The van der Waals surface area contributed by atoms with Crippen molar-refractivity contribution in [3.63, 3.8) is 0 Å². The van der Waals surface area contributed by atoms with Crippen LogP contribution in [0.25, 0.3) is 0 Å². The average Bonchev–Trinajstić information content (AvgIpc) is 2.96. The predicted molar refractivity (Wildman–Crippen MR) is 95.5 cm³/mol. The Hall–Kier alpha value is -2.32. The van der Waals surface area contributed by atoms with Gasteiger partial charge in [-0.2, -0.15) is 0 Å². The third-order valence-electron chi connectivity index (χ3n) is 4.19. The maximum Gasteiger partial charge on any atom is 0.206 e. The van der Waals surface area contributed by atoms with E-state index >= 15 is 0 Å². The topological polar surface area (TPSA) is 88.3 Å². The summed E-state index contributed by atoms with van der Waals surface area (Å²) in [6, 6.07) is 5.76. The number of carbonyl (C=O) groups is 2. The smallest absolute Gasteiger partial charge is 0.206 e. The molecule has 1 saturated heterocycles. The highest BCUT2D eigenvalue weighted by molar-refractivity contribution is 7.18. The lowest BCUT2D eigenvalue weighted by atomic mass is 10.1. The number of anilines is 2. The van der Waals surface area contributed by atoms with Gasteiger partial charge in [0.15, 0.2) is 5.13 Å². The fourth-order valence-corrected chi connectivity index (χ4v) is 3.78. The van der Waals surface area contributed by atoms with Crippen LogP contribution < -0.4 is 11.1 Å². The summed E-state index contributed by atoms with van der Waals surface area (Å²) in [5.74, 6) is -0.641. The van der Waals surface area contributed by atoms with Crippen molar-refractivity contribution in [3.8, 4) is 0 Å². The van der Waals surface area contributed by atoms with Crippen LogP contribution in [0, 0.1) is 5.82 Å². The van der Waals surface area contributed by atoms with E-state index in [0.717, 1.165) is 32.2 Å². The van der Waals surface area contributed by atoms with Crippen molar-refractivity contribution in [2.45, 2.75) is 18.9 Å². The van der Waals surface area contributed by atoms with Gasteiger partial charge in [-0.15, -0.1) is 0 Å². The van der Waals surface area contributed by atoms with Crippen molar-refractivity contribution < 1.29 is 14.0 Å². The first-order valence-corrected chi connectivity index (χ1v) is 8.87. The van der Waals surface area contributed by atoms with Gasteiger partial charge in [0.1, 0.15) is 22.8 Å². The summed E-state index contributed by atoms with van der Waals surface area (Å²) in [4.78, 5) is 29.7. The lowest BCUT2D eigenvalue weighted by Gasteiger charge is -2.30. The van der Waals surface area contributed by atoms with Crippen molar-refractivity contribution in [1.29, 1.82) is 0 Å². The molecule has 1 aliphatic heterocycles. The van der Waals surface area contributed by atoms with Gasteiger partial charge in [-0.3, -0.25) is 9.69 Å². The van der Waals surface area contributed by atoms with Gasteiger partial charge < -0.3 is 15.8 Å². The van der Waals surface area contributed by atoms with E-state index in [2.05, 4.69) is 15.2 Å². The molecule has 1 aromatic heterocycles. The van der Waals surface area contributed by atoms with Gasteiger partial charge >= 0.3 is 0 Å². The van der Waals surface area contributed by atoms with E-state index in [9.17, 15) is 14.0 Å². The van der Waals surface area contributed by atoms with Crippen LogP contribution in [0.5, 0.6) is 0 Å². The first kappa shape index (κ1) is 17.5. The summed E-state index contributed by atoms with van der Waals surface area (Å²) in [5.41, 5.74) is 6.14. The number of aromatic nitrogens is 1. The SMILES string of the molecule is Nc1nc(NC2CCN(CC=O)CC2)sc1C(=O)c1cccc(F)c1. The van der Waals surface area contributed by atoms with E-state index in [1.165, 1.54) is 29.5 Å². The van der Waals surface area contributed by atoms with Gasteiger partial charge in [-0.05, 0) is 25.0 Å². The molecule has 25 heavy (non-hydrogen) atoms. The maximum absolute atomic E-state index is 13.3. The van der Waals surface area contributed by atoms with Crippen LogP contribution in [0.4, 0.5) is 15.3 Å². The molecule has 1 aromatic carbocycles. The molecule has 0 saturated carbocycles. The number of likely N-dealkylation sites (tertiary alicyclic amines) is 1. The molecule has 0 spiro atoms. The molecule has 0 atom stereocenters. The normalized spacial score (nSPS) is 15.9. The van der Waals surface area contributed by atoms with Crippen LogP contribution in [-0.4, -0.2) is 47.6 Å². The Kier molecular flexibility index (Phi) is 5.40. The molecule has 0 aliphatic carbocycles. The largest absolute Gasteiger partial charge is 0.382 e. The van der Waals surface area contributed by atoms with Crippen LogP contribution in [0.3, 0.4) is 0 Å². The van der Waals surface area contributed by atoms with Gasteiger partial charge in [0, 0.05) is 24.7 Å². The summed E-state index contributed by atoms with van der Waals surface area (Å²) >= 11 is 1.18. The summed E-state index contributed by atoms with van der Waals surface area (Å²) in [6.07, 6.45) is 2.70. The summed E-state index contributed by atoms with van der Waals surface area (Å²) in [7, 11) is 0. The first-order valence-electron chi connectivity index (χ1n) is 8.06. The Labute approximate surface area is 148 Å². The molecule has 2 heterocycles. The average molecular weight is 362 g/mol. The first-order chi connectivity index (χ1) is 12.1. The van der Waals surface area contributed by atoms with E-state index in [-0.39, 0.29) is 23.2 Å². The summed E-state index contributed by atoms with van der Waals surface area (Å²) in [5, 5.41) is 3.90. The molecule has 2 aromatic rings. The quantitative estimate of drug-likeness (QED) is 0.605. The second-order valence-corrected chi connectivity index (χ2v) is 6.96. The number of aldehydes is 1. The lowest BCUT2D eigenvalue weighted by molar-refractivity contribution is -0.109. The van der Waals surface area contributed by atoms with Crippen LogP contribution in [0.15, 0.2) is 24.3 Å². The molecular formula is C17H19FN4O2S. The van der Waals surface area contributed by atoms with Crippen molar-refractivity contribution in [2.75, 3.05) is 30.7 Å².